The molecule has 1 amide bonds. The number of carbonyl (C=O) groups is 1. The number of amides is 1. The third kappa shape index (κ3) is 3.59. The zero-order chi connectivity index (χ0) is 16.4. The topological polar surface area (TPSA) is 93.1 Å². The molecule has 8 heteroatoms. The van der Waals surface area contributed by atoms with Gasteiger partial charge in [0.15, 0.2) is 0 Å². The third-order valence-electron chi connectivity index (χ3n) is 3.66. The molecule has 3 rings (SSSR count). The monoisotopic (exact) mass is 334 g/mol. The highest BCUT2D eigenvalue weighted by Crippen LogP contribution is 2.25. The zero-order valence-corrected chi connectivity index (χ0v) is 13.5. The Labute approximate surface area is 134 Å². The Kier molecular flexibility index (Phi) is 4.18. The molecule has 2 aromatic rings. The minimum Gasteiger partial charge on any atom is -0.326 e. The molecule has 0 saturated carbocycles. The first kappa shape index (κ1) is 15.7. The number of anilines is 1. The molecule has 0 aliphatic carbocycles. The average molecular weight is 334 g/mol. The van der Waals surface area contributed by atoms with Gasteiger partial charge in [0.25, 0.3) is 0 Å². The van der Waals surface area contributed by atoms with Crippen LogP contribution in [0.3, 0.4) is 0 Å². The minimum absolute atomic E-state index is 0.0425. The summed E-state index contributed by atoms with van der Waals surface area (Å²) in [6.07, 6.45) is 4.36. The molecular formula is C15H18N4O3S. The van der Waals surface area contributed by atoms with Crippen molar-refractivity contribution in [3.8, 4) is 0 Å². The molecule has 0 unspecified atom stereocenters. The second kappa shape index (κ2) is 6.13. The van der Waals surface area contributed by atoms with Gasteiger partial charge < -0.3 is 5.32 Å². The summed E-state index contributed by atoms with van der Waals surface area (Å²) >= 11 is 0. The normalized spacial score (nSPS) is 15.8. The van der Waals surface area contributed by atoms with Crippen molar-refractivity contribution in [2.45, 2.75) is 37.2 Å². The summed E-state index contributed by atoms with van der Waals surface area (Å²) < 4.78 is 29.3. The van der Waals surface area contributed by atoms with Gasteiger partial charge in [-0.25, -0.2) is 13.1 Å². The summed E-state index contributed by atoms with van der Waals surface area (Å²) in [4.78, 5) is 11.6. The maximum Gasteiger partial charge on any atom is 0.240 e. The van der Waals surface area contributed by atoms with Crippen LogP contribution in [0.5, 0.6) is 0 Å². The number of nitrogens with zero attached hydrogens (tertiary/aromatic N) is 2. The molecule has 23 heavy (non-hydrogen) atoms. The van der Waals surface area contributed by atoms with Gasteiger partial charge in [-0.1, -0.05) is 0 Å². The molecule has 0 spiro atoms. The molecule has 1 aliphatic rings. The number of fused-ring (bicyclic) bond motifs is 1. The fourth-order valence-corrected chi connectivity index (χ4v) is 3.87. The maximum atomic E-state index is 12.5. The van der Waals surface area contributed by atoms with Gasteiger partial charge in [0.1, 0.15) is 0 Å². The Morgan fingerprint density at radius 1 is 1.39 bits per heavy atom. The number of aromatic nitrogens is 2. The van der Waals surface area contributed by atoms with Crippen LogP contribution in [0.4, 0.5) is 5.69 Å². The van der Waals surface area contributed by atoms with Crippen LogP contribution in [0, 0.1) is 0 Å². The molecule has 0 bridgehead atoms. The van der Waals surface area contributed by atoms with Crippen molar-refractivity contribution < 1.29 is 13.2 Å². The summed E-state index contributed by atoms with van der Waals surface area (Å²) in [6.45, 7) is 2.24. The first-order valence-electron chi connectivity index (χ1n) is 7.36. The smallest absolute Gasteiger partial charge is 0.240 e. The summed E-state index contributed by atoms with van der Waals surface area (Å²) in [5.41, 5.74) is 1.52. The molecule has 1 aromatic carbocycles. The molecular weight excluding hydrogens is 316 g/mol. The maximum absolute atomic E-state index is 12.5. The Hall–Kier alpha value is -2.19. The van der Waals surface area contributed by atoms with Crippen molar-refractivity contribution in [2.75, 3.05) is 5.32 Å². The summed E-state index contributed by atoms with van der Waals surface area (Å²) in [5, 5.41) is 6.81. The lowest BCUT2D eigenvalue weighted by Gasteiger charge is -2.19. The van der Waals surface area contributed by atoms with Gasteiger partial charge in [0.05, 0.1) is 11.4 Å². The largest absolute Gasteiger partial charge is 0.326 e. The van der Waals surface area contributed by atoms with Crippen LogP contribution in [-0.4, -0.2) is 30.1 Å². The first-order valence-corrected chi connectivity index (χ1v) is 8.85. The SMILES string of the molecule is C[C@@H](Cn1cccn1)NS(=O)(=O)c1ccc2c(c1)CCC(=O)N2. The predicted octanol–water partition coefficient (Wildman–Crippen LogP) is 1.13. The average Bonchev–Trinajstić information content (AvgIpc) is 2.98. The van der Waals surface area contributed by atoms with Gasteiger partial charge in [-0.3, -0.25) is 9.48 Å². The number of carbonyl (C=O) groups excluding carboxylic acids is 1. The van der Waals surface area contributed by atoms with E-state index in [1.807, 2.05) is 0 Å². The van der Waals surface area contributed by atoms with E-state index in [0.717, 1.165) is 5.56 Å². The minimum atomic E-state index is -3.61. The summed E-state index contributed by atoms with van der Waals surface area (Å²) in [7, 11) is -3.61. The molecule has 1 atom stereocenters. The van der Waals surface area contributed by atoms with Crippen molar-refractivity contribution in [3.05, 3.63) is 42.2 Å². The molecule has 0 fully saturated rings. The number of hydrogen-bond acceptors (Lipinski definition) is 4. The van der Waals surface area contributed by atoms with Crippen molar-refractivity contribution in [2.24, 2.45) is 0 Å². The Balaban J connectivity index is 1.75. The Morgan fingerprint density at radius 3 is 2.96 bits per heavy atom. The van der Waals surface area contributed by atoms with Gasteiger partial charge in [-0.15, -0.1) is 0 Å². The van der Waals surface area contributed by atoms with Crippen molar-refractivity contribution in [3.63, 3.8) is 0 Å². The van der Waals surface area contributed by atoms with E-state index in [4.69, 9.17) is 0 Å². The number of rotatable bonds is 5. The zero-order valence-electron chi connectivity index (χ0n) is 12.7. The van der Waals surface area contributed by atoms with Crippen LogP contribution >= 0.6 is 0 Å². The standard InChI is InChI=1S/C15H18N4O3S/c1-11(10-19-8-2-7-16-19)18-23(21,22)13-4-5-14-12(9-13)3-6-15(20)17-14/h2,4-5,7-9,11,18H,3,6,10H2,1H3,(H,17,20)/t11-/m0/s1. The molecule has 2 heterocycles. The van der Waals surface area contributed by atoms with Crippen LogP contribution < -0.4 is 10.0 Å². The molecule has 7 nitrogen and oxygen atoms in total. The van der Waals surface area contributed by atoms with Crippen LogP contribution in [0.15, 0.2) is 41.6 Å². The van der Waals surface area contributed by atoms with E-state index < -0.39 is 10.0 Å². The van der Waals surface area contributed by atoms with E-state index in [0.29, 0.717) is 25.1 Å². The Bertz CT molecular complexity index is 815. The lowest BCUT2D eigenvalue weighted by atomic mass is 10.0. The second-order valence-corrected chi connectivity index (χ2v) is 7.33. The molecule has 1 aromatic heterocycles. The van der Waals surface area contributed by atoms with Crippen molar-refractivity contribution in [1.29, 1.82) is 0 Å². The van der Waals surface area contributed by atoms with Gasteiger partial charge >= 0.3 is 0 Å². The molecule has 0 saturated heterocycles. The van der Waals surface area contributed by atoms with Gasteiger partial charge in [-0.05, 0) is 43.2 Å². The van der Waals surface area contributed by atoms with E-state index >= 15 is 0 Å². The highest BCUT2D eigenvalue weighted by molar-refractivity contribution is 7.89. The van der Waals surface area contributed by atoms with E-state index in [1.165, 1.54) is 6.07 Å². The molecule has 122 valence electrons. The molecule has 1 aliphatic heterocycles. The predicted molar refractivity (Wildman–Crippen MR) is 85.4 cm³/mol. The van der Waals surface area contributed by atoms with Crippen molar-refractivity contribution in [1.82, 2.24) is 14.5 Å². The molecule has 2 N–H and O–H groups in total. The highest BCUT2D eigenvalue weighted by atomic mass is 32.2. The first-order chi connectivity index (χ1) is 10.9. The quantitative estimate of drug-likeness (QED) is 0.857. The fourth-order valence-electron chi connectivity index (χ4n) is 2.59. The number of nitrogens with one attached hydrogen (secondary N) is 2. The highest BCUT2D eigenvalue weighted by Gasteiger charge is 2.21. The van der Waals surface area contributed by atoms with Crippen LogP contribution in [0.25, 0.3) is 0 Å². The van der Waals surface area contributed by atoms with Gasteiger partial charge in [-0.2, -0.15) is 5.10 Å². The third-order valence-corrected chi connectivity index (χ3v) is 5.25. The second-order valence-electron chi connectivity index (χ2n) is 5.62. The van der Waals surface area contributed by atoms with E-state index in [2.05, 4.69) is 15.1 Å². The summed E-state index contributed by atoms with van der Waals surface area (Å²) in [5.74, 6) is -0.0425. The number of aryl methyl sites for hydroxylation is 1. The number of sulfonamides is 1. The van der Waals surface area contributed by atoms with E-state index in [9.17, 15) is 13.2 Å². The lowest BCUT2D eigenvalue weighted by molar-refractivity contribution is -0.116. The molecule has 0 radical (unpaired) electrons. The van der Waals surface area contributed by atoms with Gasteiger partial charge in [0.2, 0.25) is 15.9 Å². The van der Waals surface area contributed by atoms with Crippen LogP contribution in [0.2, 0.25) is 0 Å². The number of benzene rings is 1. The van der Waals surface area contributed by atoms with E-state index in [-0.39, 0.29) is 16.8 Å². The van der Waals surface area contributed by atoms with Gasteiger partial charge in [0, 0.05) is 30.5 Å². The van der Waals surface area contributed by atoms with Crippen molar-refractivity contribution >= 4 is 21.6 Å². The number of hydrogen-bond donors (Lipinski definition) is 2. The fraction of sp³-hybridized carbons (Fsp3) is 0.333. The Morgan fingerprint density at radius 2 is 2.22 bits per heavy atom. The lowest BCUT2D eigenvalue weighted by Crippen LogP contribution is -2.36. The van der Waals surface area contributed by atoms with E-state index in [1.54, 1.807) is 42.2 Å². The summed E-state index contributed by atoms with van der Waals surface area (Å²) in [6, 6.07) is 6.26. The van der Waals surface area contributed by atoms with Crippen LogP contribution in [0.1, 0.15) is 18.9 Å². The van der Waals surface area contributed by atoms with Crippen LogP contribution in [-0.2, 0) is 27.8 Å².